The van der Waals surface area contributed by atoms with Crippen LogP contribution in [0.25, 0.3) is 6.08 Å². The van der Waals surface area contributed by atoms with Gasteiger partial charge in [-0.2, -0.15) is 0 Å². The van der Waals surface area contributed by atoms with Crippen molar-refractivity contribution in [2.24, 2.45) is 0 Å². The summed E-state index contributed by atoms with van der Waals surface area (Å²) in [6.45, 7) is 0.803. The monoisotopic (exact) mass is 249 g/mol. The van der Waals surface area contributed by atoms with Gasteiger partial charge in [-0.3, -0.25) is 0 Å². The van der Waals surface area contributed by atoms with Gasteiger partial charge in [0, 0.05) is 6.54 Å². The van der Waals surface area contributed by atoms with Crippen LogP contribution < -0.4 is 5.32 Å². The zero-order valence-electron chi connectivity index (χ0n) is 7.65. The Morgan fingerprint density at radius 1 is 1.21 bits per heavy atom. The maximum Gasteiger partial charge on any atom is 0.0778 e. The largest absolute Gasteiger partial charge is 0.316 e. The highest BCUT2D eigenvalue weighted by Crippen LogP contribution is 2.31. The average molecular weight is 251 g/mol. The highest BCUT2D eigenvalue weighted by molar-refractivity contribution is 6.48. The van der Waals surface area contributed by atoms with Crippen molar-refractivity contribution in [2.45, 2.75) is 0 Å². The van der Waals surface area contributed by atoms with Gasteiger partial charge in [0.2, 0.25) is 0 Å². The van der Waals surface area contributed by atoms with E-state index in [9.17, 15) is 0 Å². The Balaban J connectivity index is 2.89. The number of benzene rings is 1. The third-order valence-electron chi connectivity index (χ3n) is 1.64. The van der Waals surface area contributed by atoms with Crippen LogP contribution in [0.2, 0.25) is 15.1 Å². The number of hydrogen-bond acceptors (Lipinski definition) is 1. The van der Waals surface area contributed by atoms with Crippen molar-refractivity contribution in [3.05, 3.63) is 38.8 Å². The topological polar surface area (TPSA) is 12.0 Å². The first-order chi connectivity index (χ1) is 6.65. The van der Waals surface area contributed by atoms with Gasteiger partial charge < -0.3 is 5.32 Å². The second kappa shape index (κ2) is 5.62. The Morgan fingerprint density at radius 3 is 2.29 bits per heavy atom. The molecule has 4 heteroatoms. The van der Waals surface area contributed by atoms with Gasteiger partial charge in [0.25, 0.3) is 0 Å². The Hall–Kier alpha value is -0.210. The highest BCUT2D eigenvalue weighted by atomic mass is 35.5. The fourth-order valence-electron chi connectivity index (χ4n) is 0.984. The summed E-state index contributed by atoms with van der Waals surface area (Å²) in [5.41, 5.74) is 0.944. The van der Waals surface area contributed by atoms with Gasteiger partial charge in [-0.25, -0.2) is 0 Å². The maximum absolute atomic E-state index is 5.87. The molecule has 1 nitrogen and oxygen atoms in total. The van der Waals surface area contributed by atoms with Crippen molar-refractivity contribution in [1.82, 2.24) is 5.32 Å². The van der Waals surface area contributed by atoms with Crippen molar-refractivity contribution in [1.29, 1.82) is 0 Å². The lowest BCUT2D eigenvalue weighted by Gasteiger charge is -2.01. The molecule has 0 heterocycles. The van der Waals surface area contributed by atoms with Gasteiger partial charge >= 0.3 is 0 Å². The molecule has 0 aliphatic heterocycles. The van der Waals surface area contributed by atoms with E-state index in [1.165, 1.54) is 0 Å². The molecule has 0 saturated carbocycles. The summed E-state index contributed by atoms with van der Waals surface area (Å²) in [5.74, 6) is 0. The molecule has 0 amide bonds. The smallest absolute Gasteiger partial charge is 0.0778 e. The second-order valence-electron chi connectivity index (χ2n) is 2.76. The van der Waals surface area contributed by atoms with Crippen molar-refractivity contribution < 1.29 is 0 Å². The molecule has 0 bridgehead atoms. The van der Waals surface area contributed by atoms with E-state index in [1.807, 2.05) is 19.2 Å². The predicted molar refractivity (Wildman–Crippen MR) is 64.4 cm³/mol. The molecular formula is C10H10Cl3N. The third kappa shape index (κ3) is 3.18. The predicted octanol–water partition coefficient (Wildman–Crippen LogP) is 3.88. The van der Waals surface area contributed by atoms with Gasteiger partial charge in [0.05, 0.1) is 15.1 Å². The third-order valence-corrected chi connectivity index (χ3v) is 2.84. The molecule has 1 N–H and O–H groups in total. The number of likely N-dealkylation sites (N-methyl/N-ethyl adjacent to an activating group) is 1. The minimum Gasteiger partial charge on any atom is -0.316 e. The van der Waals surface area contributed by atoms with Crippen molar-refractivity contribution in [3.63, 3.8) is 0 Å². The molecule has 76 valence electrons. The number of nitrogens with one attached hydrogen (secondary N) is 1. The number of rotatable bonds is 3. The molecular weight excluding hydrogens is 240 g/mol. The summed E-state index contributed by atoms with van der Waals surface area (Å²) >= 11 is 17.5. The van der Waals surface area contributed by atoms with E-state index in [0.29, 0.717) is 15.1 Å². The standard InChI is InChI=1S/C10H10Cl3N/c1-14-4-2-3-7-5-8(11)10(13)9(12)6-7/h2-3,5-6,14H,4H2,1H3. The summed E-state index contributed by atoms with van der Waals surface area (Å²) in [6, 6.07) is 3.56. The molecule has 1 rings (SSSR count). The van der Waals surface area contributed by atoms with Crippen molar-refractivity contribution >= 4 is 40.9 Å². The zero-order chi connectivity index (χ0) is 10.6. The highest BCUT2D eigenvalue weighted by Gasteiger charge is 2.03. The van der Waals surface area contributed by atoms with Crippen LogP contribution in [0.1, 0.15) is 5.56 Å². The van der Waals surface area contributed by atoms with Crippen LogP contribution in [0.5, 0.6) is 0 Å². The molecule has 0 radical (unpaired) electrons. The Bertz CT molecular complexity index is 324. The first-order valence-corrected chi connectivity index (χ1v) is 5.24. The van der Waals surface area contributed by atoms with E-state index in [1.54, 1.807) is 12.1 Å². The van der Waals surface area contributed by atoms with Crippen LogP contribution >= 0.6 is 34.8 Å². The maximum atomic E-state index is 5.87. The van der Waals surface area contributed by atoms with E-state index in [2.05, 4.69) is 5.32 Å². The minimum absolute atomic E-state index is 0.402. The SMILES string of the molecule is CNCC=Cc1cc(Cl)c(Cl)c(Cl)c1. The Morgan fingerprint density at radius 2 is 1.79 bits per heavy atom. The van der Waals surface area contributed by atoms with E-state index in [4.69, 9.17) is 34.8 Å². The zero-order valence-corrected chi connectivity index (χ0v) is 9.92. The van der Waals surface area contributed by atoms with E-state index in [0.717, 1.165) is 12.1 Å². The molecule has 0 unspecified atom stereocenters. The molecule has 1 aromatic rings. The average Bonchev–Trinajstić information content (AvgIpc) is 2.14. The van der Waals surface area contributed by atoms with Crippen LogP contribution in [0.3, 0.4) is 0 Å². The van der Waals surface area contributed by atoms with Gasteiger partial charge in [-0.05, 0) is 24.7 Å². The molecule has 0 fully saturated rings. The lowest BCUT2D eigenvalue weighted by Crippen LogP contribution is -2.03. The first kappa shape index (κ1) is 11.9. The molecule has 0 saturated heterocycles. The first-order valence-electron chi connectivity index (χ1n) is 4.11. The van der Waals surface area contributed by atoms with Crippen LogP contribution in [0.4, 0.5) is 0 Å². The van der Waals surface area contributed by atoms with Crippen LogP contribution in [-0.2, 0) is 0 Å². The molecule has 0 atom stereocenters. The summed E-state index contributed by atoms with van der Waals surface area (Å²) in [5, 5.41) is 4.35. The molecule has 0 aliphatic rings. The molecule has 14 heavy (non-hydrogen) atoms. The second-order valence-corrected chi connectivity index (χ2v) is 3.95. The number of hydrogen-bond donors (Lipinski definition) is 1. The lowest BCUT2D eigenvalue weighted by molar-refractivity contribution is 0.922. The minimum atomic E-state index is 0.402. The van der Waals surface area contributed by atoms with Crippen LogP contribution in [-0.4, -0.2) is 13.6 Å². The van der Waals surface area contributed by atoms with Crippen LogP contribution in [0.15, 0.2) is 18.2 Å². The fraction of sp³-hybridized carbons (Fsp3) is 0.200. The molecule has 0 aliphatic carbocycles. The Kier molecular flexibility index (Phi) is 4.76. The lowest BCUT2D eigenvalue weighted by atomic mass is 10.2. The Labute approximate surface area is 98.7 Å². The van der Waals surface area contributed by atoms with Crippen molar-refractivity contribution in [3.8, 4) is 0 Å². The van der Waals surface area contributed by atoms with Gasteiger partial charge in [-0.1, -0.05) is 47.0 Å². The fourth-order valence-corrected chi connectivity index (χ4v) is 1.60. The summed E-state index contributed by atoms with van der Waals surface area (Å²) in [7, 11) is 1.88. The van der Waals surface area contributed by atoms with Gasteiger partial charge in [0.15, 0.2) is 0 Å². The normalized spacial score (nSPS) is 11.1. The summed E-state index contributed by atoms with van der Waals surface area (Å²) in [4.78, 5) is 0. The van der Waals surface area contributed by atoms with E-state index >= 15 is 0 Å². The van der Waals surface area contributed by atoms with Crippen LogP contribution in [0, 0.1) is 0 Å². The summed E-state index contributed by atoms with van der Waals surface area (Å²) < 4.78 is 0. The molecule has 0 spiro atoms. The molecule has 1 aromatic carbocycles. The summed E-state index contributed by atoms with van der Waals surface area (Å²) in [6.07, 6.45) is 3.92. The van der Waals surface area contributed by atoms with Gasteiger partial charge in [-0.15, -0.1) is 0 Å². The quantitative estimate of drug-likeness (QED) is 0.803. The molecule has 0 aromatic heterocycles. The van der Waals surface area contributed by atoms with E-state index < -0.39 is 0 Å². The number of halogens is 3. The van der Waals surface area contributed by atoms with E-state index in [-0.39, 0.29) is 0 Å². The van der Waals surface area contributed by atoms with Crippen molar-refractivity contribution in [2.75, 3.05) is 13.6 Å². The van der Waals surface area contributed by atoms with Gasteiger partial charge in [0.1, 0.15) is 0 Å².